The smallest absolute Gasteiger partial charge is 0.0966 e. The van der Waals surface area contributed by atoms with Crippen LogP contribution in [0.2, 0.25) is 0 Å². The van der Waals surface area contributed by atoms with E-state index in [1.165, 1.54) is 5.56 Å². The van der Waals surface area contributed by atoms with Gasteiger partial charge in [-0.2, -0.15) is 0 Å². The first-order chi connectivity index (χ1) is 8.66. The molecular weight excluding hydrogens is 308 g/mol. The molecule has 2 aromatic rings. The molecule has 1 aromatic carbocycles. The average molecular weight is 323 g/mol. The number of hydrogen-bond acceptors (Lipinski definition) is 3. The zero-order valence-corrected chi connectivity index (χ0v) is 12.5. The fraction of sp³-hybridized carbons (Fsp3) is 0.214. The number of nitrogens with zero attached hydrogens (tertiary/aromatic N) is 1. The summed E-state index contributed by atoms with van der Waals surface area (Å²) in [5, 5.41) is 1.22. The summed E-state index contributed by atoms with van der Waals surface area (Å²) in [6.45, 7) is 2.03. The first kappa shape index (κ1) is 13.6. The minimum absolute atomic E-state index is 0.0678. The van der Waals surface area contributed by atoms with Gasteiger partial charge < -0.3 is 5.73 Å². The molecule has 0 spiro atoms. The van der Waals surface area contributed by atoms with Crippen LogP contribution in [0.5, 0.6) is 0 Å². The van der Waals surface area contributed by atoms with E-state index in [1.807, 2.05) is 43.5 Å². The molecule has 2 nitrogen and oxygen atoms in total. The van der Waals surface area contributed by atoms with Gasteiger partial charge in [-0.1, -0.05) is 45.9 Å². The molecule has 0 fully saturated rings. The van der Waals surface area contributed by atoms with E-state index in [4.69, 9.17) is 5.73 Å². The maximum atomic E-state index is 6.09. The quantitative estimate of drug-likeness (QED) is 0.864. The molecule has 0 aliphatic heterocycles. The predicted octanol–water partition coefficient (Wildman–Crippen LogP) is 4.02. The number of nitrogens with two attached hydrogens (primary N) is 1. The van der Waals surface area contributed by atoms with Crippen molar-refractivity contribution in [3.8, 4) is 0 Å². The van der Waals surface area contributed by atoms with E-state index >= 15 is 0 Å². The van der Waals surface area contributed by atoms with Gasteiger partial charge in [0.05, 0.1) is 10.3 Å². The first-order valence-electron chi connectivity index (χ1n) is 5.75. The van der Waals surface area contributed by atoms with Crippen LogP contribution in [0.4, 0.5) is 0 Å². The van der Waals surface area contributed by atoms with Crippen LogP contribution in [-0.4, -0.2) is 11.0 Å². The highest BCUT2D eigenvalue weighted by molar-refractivity contribution is 9.10. The van der Waals surface area contributed by atoms with Crippen LogP contribution in [0.15, 0.2) is 58.2 Å². The van der Waals surface area contributed by atoms with Crippen molar-refractivity contribution in [2.45, 2.75) is 23.2 Å². The van der Waals surface area contributed by atoms with Gasteiger partial charge in [-0.05, 0) is 36.8 Å². The van der Waals surface area contributed by atoms with Crippen molar-refractivity contribution in [2.24, 2.45) is 5.73 Å². The molecule has 2 rings (SSSR count). The molecule has 0 saturated heterocycles. The molecule has 0 aliphatic carbocycles. The third-order valence-electron chi connectivity index (χ3n) is 2.56. The van der Waals surface area contributed by atoms with Crippen LogP contribution in [0.1, 0.15) is 17.7 Å². The molecule has 2 atom stereocenters. The third kappa shape index (κ3) is 3.57. The third-order valence-corrected chi connectivity index (χ3v) is 4.53. The van der Waals surface area contributed by atoms with Crippen molar-refractivity contribution in [3.05, 3.63) is 58.7 Å². The zero-order valence-electron chi connectivity index (χ0n) is 10.1. The van der Waals surface area contributed by atoms with Crippen LogP contribution in [0.3, 0.4) is 0 Å². The number of rotatable bonds is 4. The SMILES string of the molecule is CC(N)C(Sc1ccccn1)c1ccc(Br)cc1. The fourth-order valence-corrected chi connectivity index (χ4v) is 2.99. The van der Waals surface area contributed by atoms with E-state index in [0.717, 1.165) is 9.50 Å². The van der Waals surface area contributed by atoms with Crippen LogP contribution in [0.25, 0.3) is 0 Å². The average Bonchev–Trinajstić information content (AvgIpc) is 2.38. The summed E-state index contributed by atoms with van der Waals surface area (Å²) in [5.41, 5.74) is 7.32. The Bertz CT molecular complexity index is 485. The van der Waals surface area contributed by atoms with Crippen LogP contribution in [0, 0.1) is 0 Å². The Hall–Kier alpha value is -0.840. The summed E-state index contributed by atoms with van der Waals surface area (Å²) in [5.74, 6) is 0. The molecule has 2 unspecified atom stereocenters. The van der Waals surface area contributed by atoms with Crippen molar-refractivity contribution >= 4 is 27.7 Å². The number of hydrogen-bond donors (Lipinski definition) is 1. The van der Waals surface area contributed by atoms with Gasteiger partial charge >= 0.3 is 0 Å². The number of pyridine rings is 1. The van der Waals surface area contributed by atoms with Gasteiger partial charge in [-0.3, -0.25) is 0 Å². The lowest BCUT2D eigenvalue weighted by Gasteiger charge is -2.20. The number of thioether (sulfide) groups is 1. The van der Waals surface area contributed by atoms with E-state index in [0.29, 0.717) is 0 Å². The second kappa shape index (κ2) is 6.36. The Morgan fingerprint density at radius 1 is 1.17 bits per heavy atom. The van der Waals surface area contributed by atoms with Crippen molar-refractivity contribution in [1.29, 1.82) is 0 Å². The van der Waals surface area contributed by atoms with E-state index in [-0.39, 0.29) is 11.3 Å². The topological polar surface area (TPSA) is 38.9 Å². The van der Waals surface area contributed by atoms with Gasteiger partial charge in [0.2, 0.25) is 0 Å². The summed E-state index contributed by atoms with van der Waals surface area (Å²) in [6, 6.07) is 14.3. The van der Waals surface area contributed by atoms with Crippen LogP contribution >= 0.6 is 27.7 Å². The fourth-order valence-electron chi connectivity index (χ4n) is 1.68. The Kier molecular flexibility index (Phi) is 4.80. The van der Waals surface area contributed by atoms with Crippen molar-refractivity contribution in [1.82, 2.24) is 4.98 Å². The van der Waals surface area contributed by atoms with Crippen molar-refractivity contribution < 1.29 is 0 Å². The molecule has 18 heavy (non-hydrogen) atoms. The highest BCUT2D eigenvalue weighted by Gasteiger charge is 2.18. The second-order valence-electron chi connectivity index (χ2n) is 4.12. The van der Waals surface area contributed by atoms with Gasteiger partial charge in [0.15, 0.2) is 0 Å². The molecule has 0 radical (unpaired) electrons. The number of benzene rings is 1. The van der Waals surface area contributed by atoms with Crippen LogP contribution < -0.4 is 5.73 Å². The van der Waals surface area contributed by atoms with Gasteiger partial charge in [0.1, 0.15) is 0 Å². The summed E-state index contributed by atoms with van der Waals surface area (Å²) in [4.78, 5) is 4.34. The Balaban J connectivity index is 2.21. The number of halogens is 1. The van der Waals surface area contributed by atoms with Gasteiger partial charge in [0.25, 0.3) is 0 Å². The minimum atomic E-state index is 0.0678. The molecule has 1 heterocycles. The Morgan fingerprint density at radius 3 is 2.44 bits per heavy atom. The normalized spacial score (nSPS) is 14.2. The van der Waals surface area contributed by atoms with Crippen molar-refractivity contribution in [3.63, 3.8) is 0 Å². The lowest BCUT2D eigenvalue weighted by molar-refractivity contribution is 0.720. The molecule has 0 saturated carbocycles. The maximum Gasteiger partial charge on any atom is 0.0966 e. The minimum Gasteiger partial charge on any atom is -0.327 e. The predicted molar refractivity (Wildman–Crippen MR) is 80.6 cm³/mol. The van der Waals surface area contributed by atoms with Gasteiger partial charge in [-0.15, -0.1) is 0 Å². The molecule has 0 aliphatic rings. The van der Waals surface area contributed by atoms with E-state index < -0.39 is 0 Å². The molecule has 94 valence electrons. The standard InChI is InChI=1S/C14H15BrN2S/c1-10(16)14(11-5-7-12(15)8-6-11)18-13-4-2-3-9-17-13/h2-10,14H,16H2,1H3. The van der Waals surface area contributed by atoms with Crippen molar-refractivity contribution in [2.75, 3.05) is 0 Å². The maximum absolute atomic E-state index is 6.09. The Labute approximate surface area is 120 Å². The molecule has 0 bridgehead atoms. The van der Waals surface area contributed by atoms with Crippen LogP contribution in [-0.2, 0) is 0 Å². The van der Waals surface area contributed by atoms with E-state index in [9.17, 15) is 0 Å². The molecule has 1 aromatic heterocycles. The molecule has 2 N–H and O–H groups in total. The van der Waals surface area contributed by atoms with E-state index in [2.05, 4.69) is 33.0 Å². The lowest BCUT2D eigenvalue weighted by Crippen LogP contribution is -2.22. The largest absolute Gasteiger partial charge is 0.327 e. The number of aromatic nitrogens is 1. The van der Waals surface area contributed by atoms with Gasteiger partial charge in [-0.25, -0.2) is 4.98 Å². The van der Waals surface area contributed by atoms with Gasteiger partial charge in [0, 0.05) is 16.7 Å². The molecule has 4 heteroatoms. The Morgan fingerprint density at radius 2 is 1.89 bits per heavy atom. The highest BCUT2D eigenvalue weighted by Crippen LogP contribution is 2.36. The summed E-state index contributed by atoms with van der Waals surface area (Å²) in [7, 11) is 0. The lowest BCUT2D eigenvalue weighted by atomic mass is 10.1. The highest BCUT2D eigenvalue weighted by atomic mass is 79.9. The molecule has 0 amide bonds. The molecular formula is C14H15BrN2S. The van der Waals surface area contributed by atoms with E-state index in [1.54, 1.807) is 11.8 Å². The monoisotopic (exact) mass is 322 g/mol. The zero-order chi connectivity index (χ0) is 13.0. The summed E-state index contributed by atoms with van der Waals surface area (Å²) < 4.78 is 1.08. The summed E-state index contributed by atoms with van der Waals surface area (Å²) >= 11 is 5.15. The first-order valence-corrected chi connectivity index (χ1v) is 7.43. The second-order valence-corrected chi connectivity index (χ2v) is 6.19. The summed E-state index contributed by atoms with van der Waals surface area (Å²) in [6.07, 6.45) is 1.81.